The highest BCUT2D eigenvalue weighted by molar-refractivity contribution is 5.81. The quantitative estimate of drug-likeness (QED) is 0.0784. The molecule has 3 rings (SSSR count). The van der Waals surface area contributed by atoms with Crippen LogP contribution in [-0.4, -0.2) is 72.0 Å². The van der Waals surface area contributed by atoms with Gasteiger partial charge in [0.05, 0.1) is 49.8 Å². The third kappa shape index (κ3) is 9.91. The van der Waals surface area contributed by atoms with Crippen LogP contribution in [0.2, 0.25) is 0 Å². The topological polar surface area (TPSA) is 147 Å². The van der Waals surface area contributed by atoms with E-state index in [-0.39, 0.29) is 31.5 Å². The monoisotopic (exact) mass is 568 g/mol. The van der Waals surface area contributed by atoms with Gasteiger partial charge in [0.2, 0.25) is 5.79 Å². The van der Waals surface area contributed by atoms with Gasteiger partial charge in [0, 0.05) is 13.8 Å². The fraction of sp³-hybridized carbons (Fsp3) is 0.828. The normalized spacial score (nSPS) is 29.7. The lowest BCUT2D eigenvalue weighted by atomic mass is 9.78. The highest BCUT2D eigenvalue weighted by Crippen LogP contribution is 2.35. The minimum atomic E-state index is -1.51. The van der Waals surface area contributed by atoms with E-state index in [0.29, 0.717) is 45.0 Å². The van der Waals surface area contributed by atoms with E-state index in [4.69, 9.17) is 35.1 Å². The van der Waals surface area contributed by atoms with Crippen LogP contribution in [-0.2, 0) is 43.1 Å². The Hall–Kier alpha value is -2.39. The standard InChI is InChI=1S/C29H44O11/c1-4-35-21-12-13-23(25(17-21)27(32)33)28(34)39-29(2,3)40-38-18-19-10-11-22(16-24(19)26(30)31)37-15-14-36-20-8-6-5-7-9-20/h1,19-25H,5-18H2,2-3H3,(H,30,31)(H,32,33). The average molecular weight is 569 g/mol. The Balaban J connectivity index is 1.40. The molecule has 6 atom stereocenters. The van der Waals surface area contributed by atoms with Gasteiger partial charge >= 0.3 is 17.9 Å². The van der Waals surface area contributed by atoms with Crippen LogP contribution in [0.4, 0.5) is 0 Å². The van der Waals surface area contributed by atoms with E-state index in [9.17, 15) is 24.6 Å². The van der Waals surface area contributed by atoms with Crippen molar-refractivity contribution in [3.63, 3.8) is 0 Å². The van der Waals surface area contributed by atoms with Crippen LogP contribution in [0.1, 0.15) is 84.5 Å². The summed E-state index contributed by atoms with van der Waals surface area (Å²) in [6.45, 7) is 3.91. The van der Waals surface area contributed by atoms with Crippen molar-refractivity contribution in [1.29, 1.82) is 0 Å². The first kappa shape index (κ1) is 32.1. The molecule has 6 unspecified atom stereocenters. The van der Waals surface area contributed by atoms with Crippen LogP contribution in [0.15, 0.2) is 0 Å². The lowest BCUT2D eigenvalue weighted by Crippen LogP contribution is -2.42. The number of ether oxygens (including phenoxy) is 4. The molecule has 11 nitrogen and oxygen atoms in total. The zero-order valence-corrected chi connectivity index (χ0v) is 23.6. The highest BCUT2D eigenvalue weighted by Gasteiger charge is 2.43. The number of esters is 1. The van der Waals surface area contributed by atoms with Crippen molar-refractivity contribution in [3.05, 3.63) is 0 Å². The van der Waals surface area contributed by atoms with E-state index in [1.54, 1.807) is 0 Å². The Morgan fingerprint density at radius 2 is 1.43 bits per heavy atom. The van der Waals surface area contributed by atoms with Crippen LogP contribution in [0.3, 0.4) is 0 Å². The number of carboxylic acids is 2. The van der Waals surface area contributed by atoms with Crippen LogP contribution in [0.25, 0.3) is 0 Å². The molecule has 0 bridgehead atoms. The van der Waals surface area contributed by atoms with Gasteiger partial charge in [-0.1, -0.05) is 25.7 Å². The summed E-state index contributed by atoms with van der Waals surface area (Å²) >= 11 is 0. The summed E-state index contributed by atoms with van der Waals surface area (Å²) in [5.41, 5.74) is 0. The van der Waals surface area contributed by atoms with Gasteiger partial charge in [-0.3, -0.25) is 14.4 Å². The number of carbonyl (C=O) groups is 3. The molecule has 3 saturated carbocycles. The SMILES string of the molecule is C#COC1CCC(C(=O)OC(C)(C)OOCC2CCC(OCCOC3CCCCC3)CC2C(=O)O)C(C(=O)O)C1. The molecule has 0 heterocycles. The number of hydrogen-bond acceptors (Lipinski definition) is 9. The number of carboxylic acid groups (broad SMARTS) is 2. The van der Waals surface area contributed by atoms with Crippen molar-refractivity contribution in [2.75, 3.05) is 19.8 Å². The predicted molar refractivity (Wildman–Crippen MR) is 140 cm³/mol. The molecule has 3 fully saturated rings. The van der Waals surface area contributed by atoms with E-state index in [1.165, 1.54) is 33.1 Å². The Morgan fingerprint density at radius 1 is 0.800 bits per heavy atom. The molecule has 0 saturated heterocycles. The third-order valence-corrected chi connectivity index (χ3v) is 8.15. The Labute approximate surface area is 236 Å². The number of terminal acetylenes is 1. The van der Waals surface area contributed by atoms with Crippen molar-refractivity contribution in [2.24, 2.45) is 23.7 Å². The van der Waals surface area contributed by atoms with Gasteiger partial charge in [0.15, 0.2) is 0 Å². The Morgan fingerprint density at radius 3 is 2.08 bits per heavy atom. The molecule has 0 aliphatic heterocycles. The van der Waals surface area contributed by atoms with Gasteiger partial charge in [0.1, 0.15) is 12.2 Å². The molecule has 11 heteroatoms. The maximum absolute atomic E-state index is 12.8. The zero-order chi connectivity index (χ0) is 29.1. The number of rotatable bonds is 14. The van der Waals surface area contributed by atoms with Crippen LogP contribution < -0.4 is 0 Å². The lowest BCUT2D eigenvalue weighted by molar-refractivity contribution is -0.413. The fourth-order valence-corrected chi connectivity index (χ4v) is 6.00. The average Bonchev–Trinajstić information content (AvgIpc) is 2.92. The number of carbonyl (C=O) groups excluding carboxylic acids is 1. The van der Waals surface area contributed by atoms with Crippen LogP contribution >= 0.6 is 0 Å². The van der Waals surface area contributed by atoms with Crippen LogP contribution in [0.5, 0.6) is 0 Å². The predicted octanol–water partition coefficient (Wildman–Crippen LogP) is 3.93. The minimum Gasteiger partial charge on any atom is -0.481 e. The van der Waals surface area contributed by atoms with Gasteiger partial charge in [-0.15, -0.1) is 0 Å². The molecule has 40 heavy (non-hydrogen) atoms. The fourth-order valence-electron chi connectivity index (χ4n) is 6.00. The molecule has 2 N–H and O–H groups in total. The largest absolute Gasteiger partial charge is 0.481 e. The zero-order valence-electron chi connectivity index (χ0n) is 23.6. The number of aliphatic carboxylic acids is 2. The minimum absolute atomic E-state index is 0.00173. The van der Waals surface area contributed by atoms with E-state index in [1.807, 2.05) is 0 Å². The molecular weight excluding hydrogens is 524 g/mol. The molecular formula is C29H44O11. The first-order valence-corrected chi connectivity index (χ1v) is 14.4. The van der Waals surface area contributed by atoms with Crippen molar-refractivity contribution in [2.45, 2.75) is 109 Å². The summed E-state index contributed by atoms with van der Waals surface area (Å²) < 4.78 is 22.4. The first-order valence-electron chi connectivity index (χ1n) is 14.4. The molecule has 226 valence electrons. The summed E-state index contributed by atoms with van der Waals surface area (Å²) in [4.78, 5) is 47.3. The summed E-state index contributed by atoms with van der Waals surface area (Å²) in [6.07, 6.45) is 15.2. The second kappa shape index (κ2) is 15.6. The molecule has 0 amide bonds. The second-order valence-corrected chi connectivity index (χ2v) is 11.6. The molecule has 0 spiro atoms. The molecule has 3 aliphatic carbocycles. The summed E-state index contributed by atoms with van der Waals surface area (Å²) in [5.74, 6) is -7.11. The van der Waals surface area contributed by atoms with Crippen LogP contribution in [0, 0.1) is 36.2 Å². The maximum atomic E-state index is 12.8. The Kier molecular flexibility index (Phi) is 12.5. The molecule has 0 aromatic rings. The third-order valence-electron chi connectivity index (χ3n) is 8.15. The summed E-state index contributed by atoms with van der Waals surface area (Å²) in [7, 11) is 0. The van der Waals surface area contributed by atoms with Gasteiger partial charge in [-0.25, -0.2) is 4.89 Å². The molecule has 0 aromatic heterocycles. The maximum Gasteiger partial charge on any atom is 0.312 e. The summed E-state index contributed by atoms with van der Waals surface area (Å²) in [5, 5.41) is 19.4. The number of hydrogen-bond donors (Lipinski definition) is 2. The van der Waals surface area contributed by atoms with E-state index < -0.39 is 47.6 Å². The van der Waals surface area contributed by atoms with Crippen molar-refractivity contribution in [1.82, 2.24) is 0 Å². The molecule has 0 radical (unpaired) electrons. The summed E-state index contributed by atoms with van der Waals surface area (Å²) in [6, 6.07) is 0. The van der Waals surface area contributed by atoms with Crippen molar-refractivity contribution in [3.8, 4) is 12.5 Å². The van der Waals surface area contributed by atoms with Gasteiger partial charge < -0.3 is 29.2 Å². The highest BCUT2D eigenvalue weighted by atomic mass is 17.2. The Bertz CT molecular complexity index is 876. The molecule has 3 aliphatic rings. The van der Waals surface area contributed by atoms with Crippen molar-refractivity contribution >= 4 is 17.9 Å². The lowest BCUT2D eigenvalue weighted by Gasteiger charge is -2.35. The smallest absolute Gasteiger partial charge is 0.312 e. The van der Waals surface area contributed by atoms with Gasteiger partial charge in [0.25, 0.3) is 0 Å². The van der Waals surface area contributed by atoms with Gasteiger partial charge in [-0.05, 0) is 57.3 Å². The van der Waals surface area contributed by atoms with E-state index in [2.05, 4.69) is 6.11 Å². The second-order valence-electron chi connectivity index (χ2n) is 11.6. The van der Waals surface area contributed by atoms with E-state index >= 15 is 0 Å². The van der Waals surface area contributed by atoms with Gasteiger partial charge in [-0.2, -0.15) is 4.89 Å². The molecule has 0 aromatic carbocycles. The first-order chi connectivity index (χ1) is 19.1. The van der Waals surface area contributed by atoms with E-state index in [0.717, 1.165) is 12.8 Å². The van der Waals surface area contributed by atoms with Crippen molar-refractivity contribution < 1.29 is 53.3 Å².